The Morgan fingerprint density at radius 1 is 1.23 bits per heavy atom. The molecule has 0 radical (unpaired) electrons. The highest BCUT2D eigenvalue weighted by Gasteiger charge is 2.33. The van der Waals surface area contributed by atoms with Gasteiger partial charge in [-0.3, -0.25) is 4.79 Å². The van der Waals surface area contributed by atoms with Crippen LogP contribution in [0.4, 0.5) is 19.0 Å². The van der Waals surface area contributed by atoms with E-state index in [4.69, 9.17) is 4.74 Å². The molecular formula is C22H37F3N4O2. The van der Waals surface area contributed by atoms with Crippen LogP contribution >= 0.6 is 0 Å². The Bertz CT molecular complexity index is 635. The fourth-order valence-electron chi connectivity index (χ4n) is 3.17. The number of halogens is 3. The van der Waals surface area contributed by atoms with E-state index in [1.54, 1.807) is 13.2 Å². The van der Waals surface area contributed by atoms with Gasteiger partial charge in [-0.1, -0.05) is 32.8 Å². The van der Waals surface area contributed by atoms with Crippen LogP contribution in [0.5, 0.6) is 0 Å². The van der Waals surface area contributed by atoms with E-state index in [-0.39, 0.29) is 5.91 Å². The van der Waals surface area contributed by atoms with E-state index in [1.165, 1.54) is 18.9 Å². The molecule has 9 heteroatoms. The summed E-state index contributed by atoms with van der Waals surface area (Å²) in [6.45, 7) is 10.9. The van der Waals surface area contributed by atoms with Gasteiger partial charge < -0.3 is 19.9 Å². The van der Waals surface area contributed by atoms with Crippen molar-refractivity contribution in [3.8, 4) is 0 Å². The maximum atomic E-state index is 12.6. The number of alkyl halides is 3. The summed E-state index contributed by atoms with van der Waals surface area (Å²) >= 11 is 0. The van der Waals surface area contributed by atoms with Crippen LogP contribution in [-0.2, 0) is 15.7 Å². The zero-order valence-electron chi connectivity index (χ0n) is 19.2. The molecule has 0 aromatic carbocycles. The monoisotopic (exact) mass is 446 g/mol. The van der Waals surface area contributed by atoms with Crippen LogP contribution in [-0.4, -0.2) is 68.3 Å². The van der Waals surface area contributed by atoms with Gasteiger partial charge in [0.05, 0.1) is 6.61 Å². The fourth-order valence-corrected chi connectivity index (χ4v) is 3.17. The van der Waals surface area contributed by atoms with Gasteiger partial charge in [0.2, 0.25) is 5.91 Å². The summed E-state index contributed by atoms with van der Waals surface area (Å²) in [7, 11) is 1.60. The zero-order valence-corrected chi connectivity index (χ0v) is 19.2. The molecule has 1 saturated heterocycles. The minimum absolute atomic E-state index is 0.0884. The molecule has 0 aliphatic carbocycles. The summed E-state index contributed by atoms with van der Waals surface area (Å²) in [5.74, 6) is 0.506. The lowest BCUT2D eigenvalue weighted by atomic mass is 10.1. The number of unbranched alkanes of at least 4 members (excludes halogenated alkanes) is 1. The lowest BCUT2D eigenvalue weighted by molar-refractivity contribution is -0.141. The average Bonchev–Trinajstić information content (AvgIpc) is 2.76. The van der Waals surface area contributed by atoms with E-state index < -0.39 is 11.9 Å². The van der Waals surface area contributed by atoms with Gasteiger partial charge in [-0.15, -0.1) is 0 Å². The molecule has 1 amide bonds. The molecule has 0 spiro atoms. The zero-order chi connectivity index (χ0) is 23.3. The number of nitrogens with one attached hydrogen (secondary N) is 1. The second kappa shape index (κ2) is 14.2. The van der Waals surface area contributed by atoms with Gasteiger partial charge in [-0.2, -0.15) is 13.2 Å². The number of carbonyl (C=O) groups is 1. The van der Waals surface area contributed by atoms with E-state index in [0.29, 0.717) is 24.9 Å². The highest BCUT2D eigenvalue weighted by atomic mass is 19.4. The highest BCUT2D eigenvalue weighted by molar-refractivity contribution is 5.76. The maximum Gasteiger partial charge on any atom is 0.433 e. The number of ether oxygens (including phenoxy) is 1. The third-order valence-electron chi connectivity index (χ3n) is 5.10. The van der Waals surface area contributed by atoms with Crippen molar-refractivity contribution in [2.45, 2.75) is 58.7 Å². The van der Waals surface area contributed by atoms with Gasteiger partial charge in [0, 0.05) is 45.8 Å². The van der Waals surface area contributed by atoms with Gasteiger partial charge in [0.15, 0.2) is 0 Å². The van der Waals surface area contributed by atoms with Crippen molar-refractivity contribution in [3.63, 3.8) is 0 Å². The first-order chi connectivity index (χ1) is 14.7. The van der Waals surface area contributed by atoms with Gasteiger partial charge in [0.1, 0.15) is 11.5 Å². The Balaban J connectivity index is 0.000000330. The van der Waals surface area contributed by atoms with Crippen molar-refractivity contribution in [1.82, 2.24) is 15.2 Å². The van der Waals surface area contributed by atoms with Crippen molar-refractivity contribution in [2.24, 2.45) is 0 Å². The minimum Gasteiger partial charge on any atom is -0.384 e. The normalized spacial score (nSPS) is 15.8. The molecule has 2 heterocycles. The number of hydrogen-bond donors (Lipinski definition) is 1. The number of carbonyl (C=O) groups excluding carboxylic acids is 1. The predicted molar refractivity (Wildman–Crippen MR) is 117 cm³/mol. The molecule has 1 aromatic heterocycles. The summed E-state index contributed by atoms with van der Waals surface area (Å²) in [5, 5.41) is 2.93. The van der Waals surface area contributed by atoms with Gasteiger partial charge >= 0.3 is 6.18 Å². The third kappa shape index (κ3) is 10.8. The molecular weight excluding hydrogens is 409 g/mol. The molecule has 6 nitrogen and oxygen atoms in total. The van der Waals surface area contributed by atoms with Crippen LogP contribution in [0.3, 0.4) is 0 Å². The van der Waals surface area contributed by atoms with E-state index in [9.17, 15) is 18.0 Å². The molecule has 31 heavy (non-hydrogen) atoms. The smallest absolute Gasteiger partial charge is 0.384 e. The maximum absolute atomic E-state index is 12.6. The lowest BCUT2D eigenvalue weighted by Crippen LogP contribution is -2.46. The number of methoxy groups -OCH3 is 1. The van der Waals surface area contributed by atoms with Crippen LogP contribution in [0.15, 0.2) is 18.2 Å². The number of amides is 1. The number of likely N-dealkylation sites (N-methyl/N-ethyl adjacent to an activating group) is 1. The Labute approximate surface area is 184 Å². The molecule has 1 N–H and O–H groups in total. The molecule has 1 aliphatic heterocycles. The van der Waals surface area contributed by atoms with Crippen molar-refractivity contribution >= 4 is 11.7 Å². The SMILES string of the molecule is CCCCC(C)NC(=O)CCOC.CCN1CCN(c2cccc(C(F)(F)F)n2)CC1. The highest BCUT2D eigenvalue weighted by Crippen LogP contribution is 2.29. The second-order valence-electron chi connectivity index (χ2n) is 7.65. The minimum atomic E-state index is -4.37. The van der Waals surface area contributed by atoms with Gasteiger partial charge in [-0.25, -0.2) is 4.98 Å². The molecule has 178 valence electrons. The lowest BCUT2D eigenvalue weighted by Gasteiger charge is -2.34. The number of rotatable bonds is 9. The summed E-state index contributed by atoms with van der Waals surface area (Å²) in [6, 6.07) is 4.35. The van der Waals surface area contributed by atoms with E-state index in [0.717, 1.165) is 45.2 Å². The van der Waals surface area contributed by atoms with Crippen LogP contribution in [0.2, 0.25) is 0 Å². The summed E-state index contributed by atoms with van der Waals surface area (Å²) < 4.78 is 42.5. The molecule has 0 saturated carbocycles. The van der Waals surface area contributed by atoms with Crippen LogP contribution in [0.25, 0.3) is 0 Å². The Kier molecular flexibility index (Phi) is 12.5. The van der Waals surface area contributed by atoms with Gasteiger partial charge in [0.25, 0.3) is 0 Å². The molecule has 1 aliphatic rings. The summed E-state index contributed by atoms with van der Waals surface area (Å²) in [6.07, 6.45) is -0.493. The molecule has 1 aromatic rings. The van der Waals surface area contributed by atoms with E-state index >= 15 is 0 Å². The first kappa shape index (κ1) is 27.2. The number of nitrogens with zero attached hydrogens (tertiary/aromatic N) is 3. The second-order valence-corrected chi connectivity index (χ2v) is 7.65. The Morgan fingerprint density at radius 2 is 1.90 bits per heavy atom. The van der Waals surface area contributed by atoms with E-state index in [1.807, 2.05) is 11.8 Å². The average molecular weight is 447 g/mol. The summed E-state index contributed by atoms with van der Waals surface area (Å²) in [4.78, 5) is 19.1. The number of piperazine rings is 1. The molecule has 1 atom stereocenters. The topological polar surface area (TPSA) is 57.7 Å². The number of pyridine rings is 1. The van der Waals surface area contributed by atoms with Crippen molar-refractivity contribution in [2.75, 3.05) is 51.3 Å². The molecule has 2 rings (SSSR count). The number of anilines is 1. The summed E-state index contributed by atoms with van der Waals surface area (Å²) in [5.41, 5.74) is -0.821. The van der Waals surface area contributed by atoms with Crippen LogP contribution in [0.1, 0.15) is 52.1 Å². The van der Waals surface area contributed by atoms with Crippen LogP contribution < -0.4 is 10.2 Å². The van der Waals surface area contributed by atoms with Crippen molar-refractivity contribution in [3.05, 3.63) is 23.9 Å². The molecule has 0 bridgehead atoms. The first-order valence-corrected chi connectivity index (χ1v) is 11.0. The molecule has 1 fully saturated rings. The standard InChI is InChI=1S/C12H16F3N3.C10H21NO2/c1-2-17-6-8-18(9-7-17)11-5-3-4-10(16-11)12(13,14)15;1-4-5-6-9(2)11-10(12)7-8-13-3/h3-5H,2,6-9H2,1H3;9H,4-8H2,1-3H3,(H,11,12). The van der Waals surface area contributed by atoms with Gasteiger partial charge in [-0.05, 0) is 32.0 Å². The number of hydrogen-bond acceptors (Lipinski definition) is 5. The first-order valence-electron chi connectivity index (χ1n) is 11.0. The Morgan fingerprint density at radius 3 is 2.45 bits per heavy atom. The quantitative estimate of drug-likeness (QED) is 0.622. The van der Waals surface area contributed by atoms with Crippen LogP contribution in [0, 0.1) is 0 Å². The molecule has 1 unspecified atom stereocenters. The van der Waals surface area contributed by atoms with Crippen molar-refractivity contribution < 1.29 is 22.7 Å². The van der Waals surface area contributed by atoms with E-state index in [2.05, 4.69) is 29.0 Å². The Hall–Kier alpha value is -1.87. The fraction of sp³-hybridized carbons (Fsp3) is 0.727. The predicted octanol–water partition coefficient (Wildman–Crippen LogP) is 3.96. The van der Waals surface area contributed by atoms with Crippen molar-refractivity contribution in [1.29, 1.82) is 0 Å². The third-order valence-corrected chi connectivity index (χ3v) is 5.10. The number of aromatic nitrogens is 1. The largest absolute Gasteiger partial charge is 0.433 e.